The van der Waals surface area contributed by atoms with Crippen molar-refractivity contribution in [3.05, 3.63) is 70.8 Å². The number of ketones is 2. The lowest BCUT2D eigenvalue weighted by Crippen LogP contribution is -2.48. The highest BCUT2D eigenvalue weighted by atomic mass is 16.2. The maximum Gasteiger partial charge on any atom is 0.161 e. The number of piperazine rings is 1. The number of carbonyl (C=O) groups excluding carboxylic acids is 2. The zero-order valence-corrected chi connectivity index (χ0v) is 17.1. The van der Waals surface area contributed by atoms with Crippen LogP contribution in [0.15, 0.2) is 48.5 Å². The molecule has 1 atom stereocenters. The second kappa shape index (κ2) is 9.26. The summed E-state index contributed by atoms with van der Waals surface area (Å²) >= 11 is 0. The number of rotatable bonds is 7. The molecule has 0 aromatic heterocycles. The summed E-state index contributed by atoms with van der Waals surface area (Å²) in [4.78, 5) is 29.8. The molecule has 4 nitrogen and oxygen atoms in total. The molecule has 3 rings (SSSR count). The summed E-state index contributed by atoms with van der Waals surface area (Å²) < 4.78 is 0. The number of Topliss-reactive ketones (excluding diaryl/α,β-unsaturated/α-hetero) is 2. The Morgan fingerprint density at radius 1 is 0.893 bits per heavy atom. The third kappa shape index (κ3) is 5.15. The molecule has 0 radical (unpaired) electrons. The van der Waals surface area contributed by atoms with Gasteiger partial charge in [0.2, 0.25) is 0 Å². The molecular weight excluding hydrogens is 348 g/mol. The van der Waals surface area contributed by atoms with Gasteiger partial charge < -0.3 is 0 Å². The van der Waals surface area contributed by atoms with Gasteiger partial charge in [-0.25, -0.2) is 0 Å². The molecule has 28 heavy (non-hydrogen) atoms. The van der Waals surface area contributed by atoms with E-state index in [0.29, 0.717) is 6.54 Å². The summed E-state index contributed by atoms with van der Waals surface area (Å²) in [5, 5.41) is 0. The second-order valence-electron chi connectivity index (χ2n) is 7.90. The Balaban J connectivity index is 1.56. The van der Waals surface area contributed by atoms with Crippen LogP contribution in [0.1, 0.15) is 35.1 Å². The first-order valence-electron chi connectivity index (χ1n) is 10.0. The van der Waals surface area contributed by atoms with Gasteiger partial charge in [0.25, 0.3) is 0 Å². The monoisotopic (exact) mass is 378 g/mol. The summed E-state index contributed by atoms with van der Waals surface area (Å²) in [6.07, 6.45) is 0. The van der Waals surface area contributed by atoms with Crippen LogP contribution in [0.25, 0.3) is 0 Å². The van der Waals surface area contributed by atoms with Gasteiger partial charge in [-0.15, -0.1) is 0 Å². The van der Waals surface area contributed by atoms with Crippen LogP contribution in [0.2, 0.25) is 0 Å². The standard InChI is InChI=1S/C24H30N2O2/c1-18-8-10-21(11-9-18)16-25-12-14-26(15-13-25)17-23(28)24(20(3)27)22-7-5-4-6-19(22)2/h4-11,24H,12-17H2,1-3H3. The minimum absolute atomic E-state index is 0.00813. The van der Waals surface area contributed by atoms with Gasteiger partial charge in [0, 0.05) is 32.7 Å². The summed E-state index contributed by atoms with van der Waals surface area (Å²) in [6.45, 7) is 10.5. The van der Waals surface area contributed by atoms with Crippen molar-refractivity contribution in [3.8, 4) is 0 Å². The first kappa shape index (κ1) is 20.4. The highest BCUT2D eigenvalue weighted by molar-refractivity contribution is 6.07. The van der Waals surface area contributed by atoms with Crippen LogP contribution >= 0.6 is 0 Å². The van der Waals surface area contributed by atoms with Gasteiger partial charge in [0.05, 0.1) is 6.54 Å². The van der Waals surface area contributed by atoms with Crippen molar-refractivity contribution in [1.82, 2.24) is 9.80 Å². The SMILES string of the molecule is CC(=O)C(C(=O)CN1CCN(Cc2ccc(C)cc2)CC1)c1ccccc1C. The fourth-order valence-corrected chi connectivity index (χ4v) is 3.90. The zero-order chi connectivity index (χ0) is 20.1. The molecule has 0 amide bonds. The van der Waals surface area contributed by atoms with Crippen LogP contribution in [0.5, 0.6) is 0 Å². The number of nitrogens with zero attached hydrogens (tertiary/aromatic N) is 2. The van der Waals surface area contributed by atoms with Gasteiger partial charge in [0.15, 0.2) is 5.78 Å². The van der Waals surface area contributed by atoms with E-state index in [1.807, 2.05) is 31.2 Å². The number of benzene rings is 2. The Kier molecular flexibility index (Phi) is 6.76. The Morgan fingerprint density at radius 2 is 1.50 bits per heavy atom. The van der Waals surface area contributed by atoms with E-state index in [2.05, 4.69) is 41.0 Å². The molecule has 1 saturated heterocycles. The molecule has 1 aliphatic rings. The topological polar surface area (TPSA) is 40.6 Å². The predicted molar refractivity (Wildman–Crippen MR) is 113 cm³/mol. The minimum atomic E-state index is -0.646. The van der Waals surface area contributed by atoms with E-state index in [-0.39, 0.29) is 11.6 Å². The maximum absolute atomic E-state index is 12.9. The maximum atomic E-state index is 12.9. The van der Waals surface area contributed by atoms with E-state index in [4.69, 9.17) is 0 Å². The van der Waals surface area contributed by atoms with Gasteiger partial charge in [-0.1, -0.05) is 54.1 Å². The van der Waals surface area contributed by atoms with Crippen molar-refractivity contribution < 1.29 is 9.59 Å². The van der Waals surface area contributed by atoms with E-state index < -0.39 is 5.92 Å². The van der Waals surface area contributed by atoms with Crippen molar-refractivity contribution in [2.24, 2.45) is 0 Å². The third-order valence-electron chi connectivity index (χ3n) is 5.60. The largest absolute Gasteiger partial charge is 0.299 e. The van der Waals surface area contributed by atoms with Crippen LogP contribution in [-0.2, 0) is 16.1 Å². The van der Waals surface area contributed by atoms with Crippen molar-refractivity contribution >= 4 is 11.6 Å². The Labute approximate surface area is 168 Å². The highest BCUT2D eigenvalue weighted by Gasteiger charge is 2.29. The molecule has 0 N–H and O–H groups in total. The number of hydrogen-bond donors (Lipinski definition) is 0. The average Bonchev–Trinajstić information content (AvgIpc) is 2.67. The molecular formula is C24H30N2O2. The quantitative estimate of drug-likeness (QED) is 0.693. The van der Waals surface area contributed by atoms with E-state index in [0.717, 1.165) is 43.9 Å². The van der Waals surface area contributed by atoms with Gasteiger partial charge in [0.1, 0.15) is 11.7 Å². The van der Waals surface area contributed by atoms with E-state index in [1.165, 1.54) is 18.1 Å². The molecule has 2 aromatic rings. The molecule has 0 spiro atoms. The third-order valence-corrected chi connectivity index (χ3v) is 5.60. The van der Waals surface area contributed by atoms with Gasteiger partial charge >= 0.3 is 0 Å². The van der Waals surface area contributed by atoms with Crippen LogP contribution in [0.4, 0.5) is 0 Å². The highest BCUT2D eigenvalue weighted by Crippen LogP contribution is 2.22. The fourth-order valence-electron chi connectivity index (χ4n) is 3.90. The molecule has 1 heterocycles. The molecule has 0 saturated carbocycles. The normalized spacial score (nSPS) is 16.7. The average molecular weight is 379 g/mol. The Bertz CT molecular complexity index is 821. The fraction of sp³-hybridized carbons (Fsp3) is 0.417. The summed E-state index contributed by atoms with van der Waals surface area (Å²) in [5.41, 5.74) is 4.45. The van der Waals surface area contributed by atoms with E-state index >= 15 is 0 Å². The molecule has 1 aliphatic heterocycles. The lowest BCUT2D eigenvalue weighted by Gasteiger charge is -2.34. The first-order valence-corrected chi connectivity index (χ1v) is 10.0. The molecule has 2 aromatic carbocycles. The van der Waals surface area contributed by atoms with Crippen LogP contribution < -0.4 is 0 Å². The lowest BCUT2D eigenvalue weighted by molar-refractivity contribution is -0.129. The Morgan fingerprint density at radius 3 is 2.11 bits per heavy atom. The summed E-state index contributed by atoms with van der Waals surface area (Å²) in [7, 11) is 0. The van der Waals surface area contributed by atoms with Crippen LogP contribution in [0, 0.1) is 13.8 Å². The van der Waals surface area contributed by atoms with Crippen LogP contribution in [-0.4, -0.2) is 54.1 Å². The molecule has 0 bridgehead atoms. The smallest absolute Gasteiger partial charge is 0.161 e. The second-order valence-corrected chi connectivity index (χ2v) is 7.90. The van der Waals surface area contributed by atoms with Crippen molar-refractivity contribution in [2.45, 2.75) is 33.2 Å². The molecule has 1 fully saturated rings. The van der Waals surface area contributed by atoms with E-state index in [1.54, 1.807) is 0 Å². The van der Waals surface area contributed by atoms with Gasteiger partial charge in [-0.2, -0.15) is 0 Å². The van der Waals surface area contributed by atoms with Gasteiger partial charge in [-0.05, 0) is 37.5 Å². The summed E-state index contributed by atoms with van der Waals surface area (Å²) in [6, 6.07) is 16.4. The number of hydrogen-bond acceptors (Lipinski definition) is 4. The molecule has 148 valence electrons. The lowest BCUT2D eigenvalue weighted by atomic mass is 9.88. The number of carbonyl (C=O) groups is 2. The predicted octanol–water partition coefficient (Wildman–Crippen LogP) is 3.36. The zero-order valence-electron chi connectivity index (χ0n) is 17.1. The number of aryl methyl sites for hydroxylation is 2. The molecule has 4 heteroatoms. The van der Waals surface area contributed by atoms with Crippen molar-refractivity contribution in [1.29, 1.82) is 0 Å². The van der Waals surface area contributed by atoms with Gasteiger partial charge in [-0.3, -0.25) is 19.4 Å². The Hall–Kier alpha value is -2.30. The van der Waals surface area contributed by atoms with Crippen LogP contribution in [0.3, 0.4) is 0 Å². The molecule has 0 aliphatic carbocycles. The summed E-state index contributed by atoms with van der Waals surface area (Å²) in [5.74, 6) is -0.710. The minimum Gasteiger partial charge on any atom is -0.299 e. The van der Waals surface area contributed by atoms with E-state index in [9.17, 15) is 9.59 Å². The van der Waals surface area contributed by atoms with Crippen molar-refractivity contribution in [2.75, 3.05) is 32.7 Å². The van der Waals surface area contributed by atoms with Crippen molar-refractivity contribution in [3.63, 3.8) is 0 Å². The first-order chi connectivity index (χ1) is 13.4. The molecule has 1 unspecified atom stereocenters.